The molecule has 0 aromatic carbocycles. The molecule has 2 heterocycles. The van der Waals surface area contributed by atoms with Crippen molar-refractivity contribution in [2.24, 2.45) is 5.92 Å². The summed E-state index contributed by atoms with van der Waals surface area (Å²) in [5, 5.41) is 0. The van der Waals surface area contributed by atoms with E-state index in [1.54, 1.807) is 9.80 Å². The molecule has 1 saturated heterocycles. The van der Waals surface area contributed by atoms with Crippen LogP contribution in [0.25, 0.3) is 0 Å². The van der Waals surface area contributed by atoms with Gasteiger partial charge >= 0.3 is 6.18 Å². The number of hydrogen-bond donors (Lipinski definition) is 0. The lowest BCUT2D eigenvalue weighted by Crippen LogP contribution is -2.51. The molecule has 0 N–H and O–H groups in total. The van der Waals surface area contributed by atoms with E-state index in [9.17, 15) is 18.0 Å². The second-order valence-electron chi connectivity index (χ2n) is 6.03. The second-order valence-corrected chi connectivity index (χ2v) is 6.03. The van der Waals surface area contributed by atoms with E-state index in [4.69, 9.17) is 0 Å². The van der Waals surface area contributed by atoms with E-state index in [1.807, 2.05) is 6.08 Å². The van der Waals surface area contributed by atoms with Gasteiger partial charge in [-0.1, -0.05) is 12.2 Å². The first-order valence-electron chi connectivity index (χ1n) is 8.04. The minimum absolute atomic E-state index is 0.0337. The molecule has 1 aromatic heterocycles. The van der Waals surface area contributed by atoms with Crippen molar-refractivity contribution < 1.29 is 18.0 Å². The first kappa shape index (κ1) is 16.7. The topological polar surface area (TPSA) is 49.3 Å². The molecule has 0 spiro atoms. The number of halogens is 3. The number of alkyl halides is 3. The summed E-state index contributed by atoms with van der Waals surface area (Å²) in [6.45, 7) is 1.85. The summed E-state index contributed by atoms with van der Waals surface area (Å²) in [5.41, 5.74) is -0.944. The molecule has 1 unspecified atom stereocenters. The van der Waals surface area contributed by atoms with Gasteiger partial charge in [0.15, 0.2) is 0 Å². The van der Waals surface area contributed by atoms with Crippen molar-refractivity contribution >= 4 is 11.9 Å². The van der Waals surface area contributed by atoms with E-state index in [2.05, 4.69) is 16.0 Å². The van der Waals surface area contributed by atoms with Crippen LogP contribution >= 0.6 is 0 Å². The molecular formula is C16H19F3N4O. The first-order valence-corrected chi connectivity index (χ1v) is 8.04. The molecule has 8 heteroatoms. The summed E-state index contributed by atoms with van der Waals surface area (Å²) in [6, 6.07) is 0.861. The fraction of sp³-hybridized carbons (Fsp3) is 0.562. The summed E-state index contributed by atoms with van der Waals surface area (Å²) in [6.07, 6.45) is 3.34. The zero-order valence-corrected chi connectivity index (χ0v) is 13.2. The van der Waals surface area contributed by atoms with Crippen molar-refractivity contribution in [2.75, 3.05) is 31.1 Å². The Morgan fingerprint density at radius 1 is 1.17 bits per heavy atom. The van der Waals surface area contributed by atoms with Gasteiger partial charge in [-0.3, -0.25) is 4.79 Å². The lowest BCUT2D eigenvalue weighted by atomic mass is 9.93. The van der Waals surface area contributed by atoms with Crippen molar-refractivity contribution in [2.45, 2.75) is 25.4 Å². The van der Waals surface area contributed by atoms with E-state index < -0.39 is 11.9 Å². The summed E-state index contributed by atoms with van der Waals surface area (Å²) in [7, 11) is 0. The van der Waals surface area contributed by atoms with Gasteiger partial charge in [0, 0.05) is 38.3 Å². The van der Waals surface area contributed by atoms with Crippen LogP contribution < -0.4 is 4.90 Å². The molecule has 0 saturated carbocycles. The highest BCUT2D eigenvalue weighted by atomic mass is 19.4. The Morgan fingerprint density at radius 2 is 1.92 bits per heavy atom. The number of carbonyl (C=O) groups is 1. The molecule has 0 bridgehead atoms. The molecule has 1 atom stereocenters. The van der Waals surface area contributed by atoms with Crippen molar-refractivity contribution in [3.63, 3.8) is 0 Å². The van der Waals surface area contributed by atoms with Crippen LogP contribution in [0.4, 0.5) is 19.1 Å². The van der Waals surface area contributed by atoms with Crippen LogP contribution in [-0.4, -0.2) is 47.0 Å². The highest BCUT2D eigenvalue weighted by molar-refractivity contribution is 5.79. The van der Waals surface area contributed by atoms with E-state index >= 15 is 0 Å². The average molecular weight is 340 g/mol. The third-order valence-electron chi connectivity index (χ3n) is 4.43. The van der Waals surface area contributed by atoms with Gasteiger partial charge in [0.2, 0.25) is 11.9 Å². The van der Waals surface area contributed by atoms with Crippen LogP contribution in [0.15, 0.2) is 24.4 Å². The van der Waals surface area contributed by atoms with Crippen molar-refractivity contribution in [3.05, 3.63) is 30.1 Å². The largest absolute Gasteiger partial charge is 0.433 e. The highest BCUT2D eigenvalue weighted by Gasteiger charge is 2.34. The molecule has 1 aliphatic heterocycles. The third kappa shape index (κ3) is 3.68. The number of carbonyl (C=O) groups excluding carboxylic acids is 1. The maximum absolute atomic E-state index is 12.7. The van der Waals surface area contributed by atoms with E-state index in [-0.39, 0.29) is 17.8 Å². The summed E-state index contributed by atoms with van der Waals surface area (Å²) in [4.78, 5) is 23.5. The molecule has 130 valence electrons. The van der Waals surface area contributed by atoms with Gasteiger partial charge in [0.1, 0.15) is 5.69 Å². The average Bonchev–Trinajstić information content (AvgIpc) is 2.61. The Kier molecular flexibility index (Phi) is 4.73. The lowest BCUT2D eigenvalue weighted by Gasteiger charge is -2.36. The normalized spacial score (nSPS) is 21.9. The van der Waals surface area contributed by atoms with Gasteiger partial charge < -0.3 is 9.80 Å². The Bertz CT molecular complexity index is 624. The molecule has 5 nitrogen and oxygen atoms in total. The SMILES string of the molecule is O=C(C1CC=CCC1)N1CCN(c2nccc(C(F)(F)F)n2)CC1. The van der Waals surface area contributed by atoms with Crippen LogP contribution in [0.3, 0.4) is 0 Å². The second kappa shape index (κ2) is 6.78. The van der Waals surface area contributed by atoms with E-state index in [0.717, 1.165) is 31.5 Å². The quantitative estimate of drug-likeness (QED) is 0.776. The minimum Gasteiger partial charge on any atom is -0.339 e. The van der Waals surface area contributed by atoms with Gasteiger partial charge in [0.25, 0.3) is 0 Å². The van der Waals surface area contributed by atoms with Gasteiger partial charge in [-0.25, -0.2) is 9.97 Å². The Balaban J connectivity index is 1.61. The molecule has 1 amide bonds. The maximum atomic E-state index is 12.7. The number of rotatable bonds is 2. The van der Waals surface area contributed by atoms with Gasteiger partial charge in [-0.15, -0.1) is 0 Å². The molecule has 1 aromatic rings. The van der Waals surface area contributed by atoms with Crippen LogP contribution in [0.5, 0.6) is 0 Å². The Morgan fingerprint density at radius 3 is 2.54 bits per heavy atom. The molecule has 0 radical (unpaired) electrons. The summed E-state index contributed by atoms with van der Waals surface area (Å²) >= 11 is 0. The summed E-state index contributed by atoms with van der Waals surface area (Å²) in [5.74, 6) is 0.243. The fourth-order valence-electron chi connectivity index (χ4n) is 3.06. The van der Waals surface area contributed by atoms with Gasteiger partial charge in [-0.05, 0) is 25.3 Å². The van der Waals surface area contributed by atoms with Crippen molar-refractivity contribution in [1.82, 2.24) is 14.9 Å². The minimum atomic E-state index is -4.48. The molecular weight excluding hydrogens is 321 g/mol. The van der Waals surface area contributed by atoms with Gasteiger partial charge in [-0.2, -0.15) is 13.2 Å². The first-order chi connectivity index (χ1) is 11.4. The monoisotopic (exact) mass is 340 g/mol. The van der Waals surface area contributed by atoms with E-state index in [1.165, 1.54) is 0 Å². The van der Waals surface area contributed by atoms with Crippen molar-refractivity contribution in [1.29, 1.82) is 0 Å². The molecule has 24 heavy (non-hydrogen) atoms. The number of aromatic nitrogens is 2. The zero-order chi connectivity index (χ0) is 17.2. The van der Waals surface area contributed by atoms with Crippen LogP contribution in [0.1, 0.15) is 25.0 Å². The predicted molar refractivity (Wildman–Crippen MR) is 82.3 cm³/mol. The lowest BCUT2D eigenvalue weighted by molar-refractivity contribution is -0.141. The molecule has 1 aliphatic carbocycles. The number of nitrogens with zero attached hydrogens (tertiary/aromatic N) is 4. The number of piperazine rings is 1. The molecule has 2 aliphatic rings. The predicted octanol–water partition coefficient (Wildman–Crippen LogP) is 2.50. The number of allylic oxidation sites excluding steroid dienone is 2. The number of hydrogen-bond acceptors (Lipinski definition) is 4. The summed E-state index contributed by atoms with van der Waals surface area (Å²) < 4.78 is 38.2. The fourth-order valence-corrected chi connectivity index (χ4v) is 3.06. The van der Waals surface area contributed by atoms with Gasteiger partial charge in [0.05, 0.1) is 0 Å². The molecule has 3 rings (SSSR count). The third-order valence-corrected chi connectivity index (χ3v) is 4.43. The van der Waals surface area contributed by atoms with Crippen molar-refractivity contribution in [3.8, 4) is 0 Å². The smallest absolute Gasteiger partial charge is 0.339 e. The molecule has 1 fully saturated rings. The number of anilines is 1. The maximum Gasteiger partial charge on any atom is 0.433 e. The Hall–Kier alpha value is -2.12. The van der Waals surface area contributed by atoms with E-state index in [0.29, 0.717) is 26.2 Å². The zero-order valence-electron chi connectivity index (χ0n) is 13.2. The van der Waals surface area contributed by atoms with Crippen LogP contribution in [0, 0.1) is 5.92 Å². The number of amides is 1. The van der Waals surface area contributed by atoms with Crippen LogP contribution in [-0.2, 0) is 11.0 Å². The van der Waals surface area contributed by atoms with Crippen LogP contribution in [0.2, 0.25) is 0 Å². The highest BCUT2D eigenvalue weighted by Crippen LogP contribution is 2.28. The standard InChI is InChI=1S/C16H19F3N4O/c17-16(18,19)13-6-7-20-15(21-13)23-10-8-22(9-11-23)14(24)12-4-2-1-3-5-12/h1-2,6-7,12H,3-5,8-11H2. The Labute approximate surface area is 138 Å².